The molecule has 0 aliphatic rings. The number of phosphoric ester groups is 2. The van der Waals surface area contributed by atoms with Crippen LogP contribution in [0.1, 0.15) is 376 Å². The summed E-state index contributed by atoms with van der Waals surface area (Å²) in [4.78, 5) is 72.7. The van der Waals surface area contributed by atoms with Gasteiger partial charge in [-0.2, -0.15) is 0 Å². The Morgan fingerprint density at radius 2 is 0.511 bits per heavy atom. The fourth-order valence-electron chi connectivity index (χ4n) is 11.3. The van der Waals surface area contributed by atoms with Crippen LogP contribution in [0.15, 0.2) is 0 Å². The molecular formula is C75H146O17P2. The van der Waals surface area contributed by atoms with E-state index in [4.69, 9.17) is 37.0 Å². The maximum Gasteiger partial charge on any atom is 0.472 e. The first-order valence-electron chi connectivity index (χ1n) is 38.7. The van der Waals surface area contributed by atoms with Gasteiger partial charge >= 0.3 is 39.5 Å². The molecule has 19 heteroatoms. The molecule has 0 aromatic rings. The van der Waals surface area contributed by atoms with Crippen molar-refractivity contribution in [2.24, 2.45) is 23.7 Å². The van der Waals surface area contributed by atoms with E-state index in [1.54, 1.807) is 0 Å². The Bertz CT molecular complexity index is 1850. The van der Waals surface area contributed by atoms with Gasteiger partial charge in [-0.15, -0.1) is 0 Å². The normalized spacial score (nSPS) is 14.4. The van der Waals surface area contributed by atoms with E-state index in [0.717, 1.165) is 114 Å². The number of aliphatic hydroxyl groups excluding tert-OH is 1. The standard InChI is InChI=1S/C75H146O17P2/c1-9-68(8)54-46-38-32-34-42-50-58-75(80)92-71(62-86-73(78)56-48-40-33-31-37-45-53-67(6)7)64-90-94(83,84)88-60-69(76)59-87-93(81,82)89-63-70(61-85-72(77)55-47-39-29-25-22-18-20-24-28-36-44-52-66(4)5)91-74(79)57-49-41-30-26-21-17-15-13-11-10-12-14-16-19-23-27-35-43-51-65(2)3/h65-71,76H,9-64H2,1-8H3,(H,81,82)(H,83,84)/t68?,69-,70-,71-/m1/s1. The molecule has 0 aliphatic carbocycles. The zero-order chi connectivity index (χ0) is 69.6. The molecule has 17 nitrogen and oxygen atoms in total. The van der Waals surface area contributed by atoms with Crippen LogP contribution in [0.3, 0.4) is 0 Å². The van der Waals surface area contributed by atoms with Gasteiger partial charge in [0.1, 0.15) is 19.3 Å². The largest absolute Gasteiger partial charge is 0.472 e. The summed E-state index contributed by atoms with van der Waals surface area (Å²) >= 11 is 0. The summed E-state index contributed by atoms with van der Waals surface area (Å²) in [6.07, 6.45) is 48.9. The number of carbonyl (C=O) groups excluding carboxylic acids is 4. The second-order valence-electron chi connectivity index (χ2n) is 28.7. The van der Waals surface area contributed by atoms with E-state index in [1.165, 1.54) is 173 Å². The SMILES string of the molecule is CCC(C)CCCCCCCCC(=O)O[C@H](COC(=O)CCCCCCCCC(C)C)COP(=O)(O)OC[C@H](O)COP(=O)(O)OC[C@@H](COC(=O)CCCCCCCCCCCCCC(C)C)OC(=O)CCCCCCCCCCCCCCCCCCCCC(C)C. The Labute approximate surface area is 575 Å². The van der Waals surface area contributed by atoms with Gasteiger partial charge in [-0.25, -0.2) is 9.13 Å². The third-order valence-corrected chi connectivity index (χ3v) is 19.6. The number of hydrogen-bond donors (Lipinski definition) is 3. The first-order valence-corrected chi connectivity index (χ1v) is 41.7. The van der Waals surface area contributed by atoms with E-state index in [1.807, 2.05) is 0 Å². The number of unbranched alkanes of at least 4 members (excludes halogenated alkanes) is 37. The fraction of sp³-hybridized carbons (Fsp3) is 0.947. The van der Waals surface area contributed by atoms with Gasteiger partial charge in [0.2, 0.25) is 0 Å². The highest BCUT2D eigenvalue weighted by Gasteiger charge is 2.30. The highest BCUT2D eigenvalue weighted by atomic mass is 31.2. The van der Waals surface area contributed by atoms with E-state index in [2.05, 4.69) is 55.4 Å². The van der Waals surface area contributed by atoms with E-state index >= 15 is 0 Å². The van der Waals surface area contributed by atoms with Crippen LogP contribution < -0.4 is 0 Å². The topological polar surface area (TPSA) is 237 Å². The van der Waals surface area contributed by atoms with Crippen molar-refractivity contribution >= 4 is 39.5 Å². The molecule has 3 unspecified atom stereocenters. The minimum Gasteiger partial charge on any atom is -0.462 e. The number of carbonyl (C=O) groups is 4. The van der Waals surface area contributed by atoms with E-state index in [9.17, 15) is 43.2 Å². The molecule has 0 rings (SSSR count). The second-order valence-corrected chi connectivity index (χ2v) is 31.6. The molecule has 0 bridgehead atoms. The maximum atomic E-state index is 13.1. The summed E-state index contributed by atoms with van der Waals surface area (Å²) < 4.78 is 68.4. The van der Waals surface area contributed by atoms with Crippen LogP contribution >= 0.6 is 15.6 Å². The summed E-state index contributed by atoms with van der Waals surface area (Å²) in [5.41, 5.74) is 0. The molecule has 6 atom stereocenters. The summed E-state index contributed by atoms with van der Waals surface area (Å²) in [6.45, 7) is 14.1. The molecule has 0 heterocycles. The Hall–Kier alpha value is -1.94. The van der Waals surface area contributed by atoms with Crippen molar-refractivity contribution in [2.75, 3.05) is 39.6 Å². The fourth-order valence-corrected chi connectivity index (χ4v) is 12.9. The summed E-state index contributed by atoms with van der Waals surface area (Å²) in [6, 6.07) is 0. The van der Waals surface area contributed by atoms with E-state index in [-0.39, 0.29) is 25.7 Å². The van der Waals surface area contributed by atoms with Crippen molar-refractivity contribution in [3.63, 3.8) is 0 Å². The quantitative estimate of drug-likeness (QED) is 0.0222. The van der Waals surface area contributed by atoms with Crippen LogP contribution in [0.4, 0.5) is 0 Å². The Morgan fingerprint density at radius 1 is 0.298 bits per heavy atom. The minimum atomic E-state index is -4.96. The molecule has 0 aromatic heterocycles. The predicted octanol–water partition coefficient (Wildman–Crippen LogP) is 21.7. The maximum absolute atomic E-state index is 13.1. The van der Waals surface area contributed by atoms with Crippen molar-refractivity contribution in [1.82, 2.24) is 0 Å². The van der Waals surface area contributed by atoms with Gasteiger partial charge < -0.3 is 33.8 Å². The number of rotatable bonds is 72. The lowest BCUT2D eigenvalue weighted by atomic mass is 10.00. The monoisotopic (exact) mass is 1380 g/mol. The molecular weight excluding hydrogens is 1230 g/mol. The van der Waals surface area contributed by atoms with Crippen LogP contribution in [0.2, 0.25) is 0 Å². The first kappa shape index (κ1) is 92.1. The number of phosphoric acid groups is 2. The van der Waals surface area contributed by atoms with Gasteiger partial charge in [0.05, 0.1) is 26.4 Å². The molecule has 0 saturated heterocycles. The summed E-state index contributed by atoms with van der Waals surface area (Å²) in [5, 5.41) is 10.6. The average Bonchev–Trinajstić information content (AvgIpc) is 1.45. The van der Waals surface area contributed by atoms with E-state index < -0.39 is 97.5 Å². The van der Waals surface area contributed by atoms with Crippen molar-refractivity contribution in [1.29, 1.82) is 0 Å². The van der Waals surface area contributed by atoms with Crippen LogP contribution in [-0.2, 0) is 65.4 Å². The third-order valence-electron chi connectivity index (χ3n) is 17.7. The van der Waals surface area contributed by atoms with Crippen molar-refractivity contribution in [2.45, 2.75) is 395 Å². The lowest BCUT2D eigenvalue weighted by Gasteiger charge is -2.21. The molecule has 0 amide bonds. The Kier molecular flexibility index (Phi) is 63.1. The lowest BCUT2D eigenvalue weighted by molar-refractivity contribution is -0.161. The van der Waals surface area contributed by atoms with Gasteiger partial charge in [-0.05, 0) is 49.4 Å². The lowest BCUT2D eigenvalue weighted by Crippen LogP contribution is -2.30. The highest BCUT2D eigenvalue weighted by molar-refractivity contribution is 7.47. The molecule has 0 aromatic carbocycles. The molecule has 0 saturated carbocycles. The van der Waals surface area contributed by atoms with Gasteiger partial charge in [-0.3, -0.25) is 37.3 Å². The molecule has 3 N–H and O–H groups in total. The van der Waals surface area contributed by atoms with Crippen LogP contribution in [-0.4, -0.2) is 96.7 Å². The van der Waals surface area contributed by atoms with Gasteiger partial charge in [-0.1, -0.05) is 325 Å². The van der Waals surface area contributed by atoms with Crippen molar-refractivity contribution in [3.05, 3.63) is 0 Å². The van der Waals surface area contributed by atoms with Crippen LogP contribution in [0, 0.1) is 23.7 Å². The molecule has 0 spiro atoms. The highest BCUT2D eigenvalue weighted by Crippen LogP contribution is 2.45. The zero-order valence-corrected chi connectivity index (χ0v) is 63.4. The Balaban J connectivity index is 5.19. The average molecular weight is 1380 g/mol. The van der Waals surface area contributed by atoms with Crippen molar-refractivity contribution in [3.8, 4) is 0 Å². The smallest absolute Gasteiger partial charge is 0.462 e. The first-order chi connectivity index (χ1) is 45.1. The predicted molar refractivity (Wildman–Crippen MR) is 381 cm³/mol. The molecule has 558 valence electrons. The summed E-state index contributed by atoms with van der Waals surface area (Å²) in [5.74, 6) is 0.863. The molecule has 0 fully saturated rings. The number of esters is 4. The second kappa shape index (κ2) is 64.4. The number of hydrogen-bond acceptors (Lipinski definition) is 15. The summed E-state index contributed by atoms with van der Waals surface area (Å²) in [7, 11) is -9.91. The number of aliphatic hydroxyl groups is 1. The number of ether oxygens (including phenoxy) is 4. The Morgan fingerprint density at radius 3 is 0.755 bits per heavy atom. The zero-order valence-electron chi connectivity index (χ0n) is 61.6. The van der Waals surface area contributed by atoms with Crippen LogP contribution in [0.25, 0.3) is 0 Å². The van der Waals surface area contributed by atoms with Gasteiger partial charge in [0.15, 0.2) is 12.2 Å². The molecule has 0 radical (unpaired) electrons. The third kappa shape index (κ3) is 67.3. The minimum absolute atomic E-state index is 0.102. The molecule has 94 heavy (non-hydrogen) atoms. The van der Waals surface area contributed by atoms with Gasteiger partial charge in [0.25, 0.3) is 0 Å². The van der Waals surface area contributed by atoms with Crippen LogP contribution in [0.5, 0.6) is 0 Å². The molecule has 0 aliphatic heterocycles. The van der Waals surface area contributed by atoms with Crippen molar-refractivity contribution < 1.29 is 80.2 Å². The van der Waals surface area contributed by atoms with E-state index in [0.29, 0.717) is 31.6 Å². The van der Waals surface area contributed by atoms with Gasteiger partial charge in [0, 0.05) is 25.7 Å².